The molecule has 2 heterocycles. The van der Waals surface area contributed by atoms with Crippen LogP contribution in [0.4, 0.5) is 0 Å². The molecular weight excluding hydrogens is 156 g/mol. The molecule has 0 fully saturated rings. The SMILES string of the molecule is Cn1ccn2c(=S)cccc12. The first-order valence-corrected chi connectivity index (χ1v) is 3.82. The van der Waals surface area contributed by atoms with Crippen molar-refractivity contribution < 1.29 is 0 Å². The van der Waals surface area contributed by atoms with E-state index < -0.39 is 0 Å². The minimum atomic E-state index is 0.850. The van der Waals surface area contributed by atoms with E-state index >= 15 is 0 Å². The van der Waals surface area contributed by atoms with E-state index in [2.05, 4.69) is 0 Å². The zero-order chi connectivity index (χ0) is 7.84. The average molecular weight is 164 g/mol. The van der Waals surface area contributed by atoms with Gasteiger partial charge < -0.3 is 4.57 Å². The Hall–Kier alpha value is -1.09. The number of pyridine rings is 1. The molecule has 0 unspecified atom stereocenters. The summed E-state index contributed by atoms with van der Waals surface area (Å²) in [5.74, 6) is 0. The Labute approximate surface area is 69.7 Å². The quantitative estimate of drug-likeness (QED) is 0.541. The Morgan fingerprint density at radius 3 is 2.82 bits per heavy atom. The number of imidazole rings is 1. The van der Waals surface area contributed by atoms with Gasteiger partial charge in [-0.1, -0.05) is 18.3 Å². The van der Waals surface area contributed by atoms with Crippen LogP contribution in [-0.4, -0.2) is 8.97 Å². The zero-order valence-electron chi connectivity index (χ0n) is 6.19. The largest absolute Gasteiger partial charge is 0.336 e. The number of aryl methyl sites for hydroxylation is 1. The summed E-state index contributed by atoms with van der Waals surface area (Å²) < 4.78 is 4.87. The summed E-state index contributed by atoms with van der Waals surface area (Å²) in [7, 11) is 2.00. The highest BCUT2D eigenvalue weighted by atomic mass is 32.1. The number of nitrogens with zero attached hydrogens (tertiary/aromatic N) is 2. The maximum absolute atomic E-state index is 5.12. The van der Waals surface area contributed by atoms with Crippen LogP contribution in [0.15, 0.2) is 30.6 Å². The molecule has 0 atom stereocenters. The first-order valence-electron chi connectivity index (χ1n) is 3.42. The van der Waals surface area contributed by atoms with Crippen molar-refractivity contribution in [2.24, 2.45) is 7.05 Å². The van der Waals surface area contributed by atoms with E-state index in [4.69, 9.17) is 12.2 Å². The second-order valence-electron chi connectivity index (χ2n) is 2.50. The number of hydrogen-bond acceptors (Lipinski definition) is 1. The Kier molecular flexibility index (Phi) is 1.32. The topological polar surface area (TPSA) is 9.34 Å². The molecule has 0 bridgehead atoms. The van der Waals surface area contributed by atoms with Crippen molar-refractivity contribution in [2.45, 2.75) is 0 Å². The van der Waals surface area contributed by atoms with Crippen LogP contribution in [0.5, 0.6) is 0 Å². The van der Waals surface area contributed by atoms with Gasteiger partial charge in [-0.25, -0.2) is 0 Å². The third kappa shape index (κ3) is 0.886. The highest BCUT2D eigenvalue weighted by Crippen LogP contribution is 2.03. The van der Waals surface area contributed by atoms with Gasteiger partial charge in [0.05, 0.1) is 0 Å². The number of hydrogen-bond donors (Lipinski definition) is 0. The second-order valence-corrected chi connectivity index (χ2v) is 2.92. The molecule has 0 radical (unpaired) electrons. The fourth-order valence-corrected chi connectivity index (χ4v) is 1.40. The van der Waals surface area contributed by atoms with E-state index in [1.54, 1.807) is 0 Å². The van der Waals surface area contributed by atoms with Gasteiger partial charge in [-0.15, -0.1) is 0 Å². The normalized spacial score (nSPS) is 10.6. The summed E-state index contributed by atoms with van der Waals surface area (Å²) in [6.45, 7) is 0. The van der Waals surface area contributed by atoms with Gasteiger partial charge in [-0.3, -0.25) is 4.40 Å². The maximum atomic E-state index is 5.12. The van der Waals surface area contributed by atoms with Crippen LogP contribution >= 0.6 is 12.2 Å². The van der Waals surface area contributed by atoms with Crippen molar-refractivity contribution in [2.75, 3.05) is 0 Å². The van der Waals surface area contributed by atoms with Crippen LogP contribution in [0.25, 0.3) is 5.65 Å². The number of aromatic nitrogens is 2. The van der Waals surface area contributed by atoms with Gasteiger partial charge in [-0.2, -0.15) is 0 Å². The van der Waals surface area contributed by atoms with Crippen molar-refractivity contribution in [3.05, 3.63) is 35.2 Å². The van der Waals surface area contributed by atoms with Crippen molar-refractivity contribution in [3.8, 4) is 0 Å². The molecule has 0 N–H and O–H groups in total. The van der Waals surface area contributed by atoms with E-state index in [9.17, 15) is 0 Å². The zero-order valence-corrected chi connectivity index (χ0v) is 7.01. The molecule has 0 spiro atoms. The summed E-state index contributed by atoms with van der Waals surface area (Å²) in [5, 5.41) is 0. The molecule has 56 valence electrons. The fourth-order valence-electron chi connectivity index (χ4n) is 1.17. The third-order valence-corrected chi connectivity index (χ3v) is 2.10. The third-order valence-electron chi connectivity index (χ3n) is 1.77. The fraction of sp³-hybridized carbons (Fsp3) is 0.125. The number of rotatable bonds is 0. The predicted octanol–water partition coefficient (Wildman–Crippen LogP) is 2.01. The summed E-state index contributed by atoms with van der Waals surface area (Å²) in [5.41, 5.74) is 1.12. The Balaban J connectivity index is 3.06. The molecule has 2 aromatic rings. The molecule has 2 aromatic heterocycles. The highest BCUT2D eigenvalue weighted by Gasteiger charge is 1.93. The van der Waals surface area contributed by atoms with Gasteiger partial charge in [0.15, 0.2) is 0 Å². The van der Waals surface area contributed by atoms with Crippen molar-refractivity contribution in [1.82, 2.24) is 8.97 Å². The van der Waals surface area contributed by atoms with Crippen LogP contribution < -0.4 is 0 Å². The summed E-state index contributed by atoms with van der Waals surface area (Å²) >= 11 is 5.12. The van der Waals surface area contributed by atoms with Crippen LogP contribution in [0, 0.1) is 4.64 Å². The van der Waals surface area contributed by atoms with Gasteiger partial charge in [0.25, 0.3) is 0 Å². The van der Waals surface area contributed by atoms with E-state index in [1.165, 1.54) is 0 Å². The van der Waals surface area contributed by atoms with E-state index in [0.717, 1.165) is 10.3 Å². The summed E-state index contributed by atoms with van der Waals surface area (Å²) in [6, 6.07) is 5.93. The Morgan fingerprint density at radius 2 is 2.09 bits per heavy atom. The molecular formula is C8H8N2S. The molecule has 0 aliphatic carbocycles. The van der Waals surface area contributed by atoms with Gasteiger partial charge in [-0.05, 0) is 12.1 Å². The molecule has 0 aliphatic heterocycles. The van der Waals surface area contributed by atoms with Crippen LogP contribution in [0.2, 0.25) is 0 Å². The van der Waals surface area contributed by atoms with Gasteiger partial charge in [0, 0.05) is 19.4 Å². The van der Waals surface area contributed by atoms with Crippen LogP contribution in [-0.2, 0) is 7.05 Å². The van der Waals surface area contributed by atoms with E-state index in [0.29, 0.717) is 0 Å². The molecule has 0 saturated carbocycles. The van der Waals surface area contributed by atoms with Crippen molar-refractivity contribution in [1.29, 1.82) is 0 Å². The average Bonchev–Trinajstić information content (AvgIpc) is 2.35. The first kappa shape index (κ1) is 6.61. The lowest BCUT2D eigenvalue weighted by atomic mass is 10.5. The van der Waals surface area contributed by atoms with Gasteiger partial charge in [0.2, 0.25) is 0 Å². The van der Waals surface area contributed by atoms with E-state index in [1.807, 2.05) is 46.6 Å². The van der Waals surface area contributed by atoms with Crippen LogP contribution in [0.3, 0.4) is 0 Å². The molecule has 3 heteroatoms. The summed E-state index contributed by atoms with van der Waals surface area (Å²) in [6.07, 6.45) is 3.96. The predicted molar refractivity (Wildman–Crippen MR) is 47.2 cm³/mol. The molecule has 0 aliphatic rings. The monoisotopic (exact) mass is 164 g/mol. The lowest BCUT2D eigenvalue weighted by molar-refractivity contribution is 0.951. The minimum absolute atomic E-state index is 0.850. The number of fused-ring (bicyclic) bond motifs is 1. The lowest BCUT2D eigenvalue weighted by Crippen LogP contribution is -1.88. The minimum Gasteiger partial charge on any atom is -0.336 e. The highest BCUT2D eigenvalue weighted by molar-refractivity contribution is 7.71. The molecule has 2 rings (SSSR count). The first-order chi connectivity index (χ1) is 5.29. The van der Waals surface area contributed by atoms with Crippen molar-refractivity contribution in [3.63, 3.8) is 0 Å². The van der Waals surface area contributed by atoms with Crippen LogP contribution in [0.1, 0.15) is 0 Å². The second kappa shape index (κ2) is 2.20. The Bertz CT molecular complexity index is 439. The maximum Gasteiger partial charge on any atom is 0.117 e. The van der Waals surface area contributed by atoms with Gasteiger partial charge in [0.1, 0.15) is 10.3 Å². The molecule has 0 saturated heterocycles. The lowest BCUT2D eigenvalue weighted by Gasteiger charge is -1.95. The molecule has 0 aromatic carbocycles. The Morgan fingerprint density at radius 1 is 1.27 bits per heavy atom. The standard InChI is InChI=1S/C8H8N2S/c1-9-5-6-10-7(9)3-2-4-8(10)11/h2-6H,1H3. The molecule has 11 heavy (non-hydrogen) atoms. The molecule has 0 amide bonds. The van der Waals surface area contributed by atoms with Gasteiger partial charge >= 0.3 is 0 Å². The smallest absolute Gasteiger partial charge is 0.117 e. The van der Waals surface area contributed by atoms with Crippen molar-refractivity contribution >= 4 is 17.9 Å². The summed E-state index contributed by atoms with van der Waals surface area (Å²) in [4.78, 5) is 0. The van der Waals surface area contributed by atoms with E-state index in [-0.39, 0.29) is 0 Å². The molecule has 2 nitrogen and oxygen atoms in total.